The standard InChI is InChI=1S/C8H8N2O2S/c1-6-3-2-4-7(5-9)8(6)13(10,11)12/h2-4H,1H3,(H2,10,11,12). The van der Waals surface area contributed by atoms with Gasteiger partial charge in [-0.1, -0.05) is 12.1 Å². The molecule has 0 atom stereocenters. The van der Waals surface area contributed by atoms with Gasteiger partial charge in [0.2, 0.25) is 10.0 Å². The summed E-state index contributed by atoms with van der Waals surface area (Å²) in [6.07, 6.45) is 0. The Bertz CT molecular complexity index is 471. The van der Waals surface area contributed by atoms with Crippen LogP contribution in [0.15, 0.2) is 23.1 Å². The summed E-state index contributed by atoms with van der Waals surface area (Å²) in [7, 11) is -3.80. The van der Waals surface area contributed by atoms with Gasteiger partial charge in [0.05, 0.1) is 5.56 Å². The number of aryl methyl sites for hydroxylation is 1. The van der Waals surface area contributed by atoms with Crippen molar-refractivity contribution in [1.29, 1.82) is 5.26 Å². The van der Waals surface area contributed by atoms with Crippen molar-refractivity contribution < 1.29 is 8.42 Å². The molecule has 0 unspecified atom stereocenters. The van der Waals surface area contributed by atoms with Gasteiger partial charge in [0.15, 0.2) is 0 Å². The second kappa shape index (κ2) is 3.17. The highest BCUT2D eigenvalue weighted by Gasteiger charge is 2.15. The van der Waals surface area contributed by atoms with Gasteiger partial charge in [-0.2, -0.15) is 5.26 Å². The molecule has 5 heteroatoms. The molecule has 2 N–H and O–H groups in total. The molecule has 0 aromatic heterocycles. The molecule has 0 bridgehead atoms. The maximum Gasteiger partial charge on any atom is 0.239 e. The number of primary sulfonamides is 1. The highest BCUT2D eigenvalue weighted by molar-refractivity contribution is 7.89. The van der Waals surface area contributed by atoms with Crippen LogP contribution in [-0.2, 0) is 10.0 Å². The molecule has 0 saturated heterocycles. The third-order valence-electron chi connectivity index (χ3n) is 1.62. The van der Waals surface area contributed by atoms with Crippen LogP contribution >= 0.6 is 0 Å². The Morgan fingerprint density at radius 1 is 1.46 bits per heavy atom. The summed E-state index contributed by atoms with van der Waals surface area (Å²) in [5.41, 5.74) is 0.573. The van der Waals surface area contributed by atoms with Gasteiger partial charge in [-0.25, -0.2) is 13.6 Å². The van der Waals surface area contributed by atoms with Crippen molar-refractivity contribution in [1.82, 2.24) is 0 Å². The second-order valence-corrected chi connectivity index (χ2v) is 4.11. The predicted octanol–water partition coefficient (Wildman–Crippen LogP) is 0.514. The van der Waals surface area contributed by atoms with Crippen molar-refractivity contribution in [2.75, 3.05) is 0 Å². The lowest BCUT2D eigenvalue weighted by Gasteiger charge is -2.03. The van der Waals surface area contributed by atoms with Crippen molar-refractivity contribution in [3.05, 3.63) is 29.3 Å². The van der Waals surface area contributed by atoms with E-state index >= 15 is 0 Å². The van der Waals surface area contributed by atoms with Crippen LogP contribution in [0, 0.1) is 18.3 Å². The van der Waals surface area contributed by atoms with Crippen molar-refractivity contribution in [3.8, 4) is 6.07 Å². The molecule has 0 saturated carbocycles. The van der Waals surface area contributed by atoms with Crippen molar-refractivity contribution in [3.63, 3.8) is 0 Å². The average molecular weight is 196 g/mol. The number of nitrogens with two attached hydrogens (primary N) is 1. The average Bonchev–Trinajstić information content (AvgIpc) is 2.01. The first-order chi connectivity index (χ1) is 5.96. The fourth-order valence-electron chi connectivity index (χ4n) is 1.12. The van der Waals surface area contributed by atoms with E-state index in [9.17, 15) is 8.42 Å². The molecule has 1 rings (SSSR count). The first-order valence-corrected chi connectivity index (χ1v) is 5.04. The first kappa shape index (κ1) is 9.71. The van der Waals surface area contributed by atoms with Gasteiger partial charge < -0.3 is 0 Å². The van der Waals surface area contributed by atoms with E-state index in [4.69, 9.17) is 10.4 Å². The van der Waals surface area contributed by atoms with E-state index in [2.05, 4.69) is 0 Å². The van der Waals surface area contributed by atoms with Gasteiger partial charge in [-0.15, -0.1) is 0 Å². The summed E-state index contributed by atoms with van der Waals surface area (Å²) in [5.74, 6) is 0. The van der Waals surface area contributed by atoms with Gasteiger partial charge in [0.1, 0.15) is 11.0 Å². The molecule has 0 aliphatic rings. The molecule has 0 amide bonds. The van der Waals surface area contributed by atoms with Crippen LogP contribution in [0.1, 0.15) is 11.1 Å². The molecular formula is C8H8N2O2S. The van der Waals surface area contributed by atoms with Crippen molar-refractivity contribution >= 4 is 10.0 Å². The molecule has 0 fully saturated rings. The van der Waals surface area contributed by atoms with E-state index in [0.29, 0.717) is 5.56 Å². The minimum atomic E-state index is -3.80. The summed E-state index contributed by atoms with van der Waals surface area (Å²) in [6, 6.07) is 6.42. The van der Waals surface area contributed by atoms with Crippen LogP contribution in [0.3, 0.4) is 0 Å². The van der Waals surface area contributed by atoms with E-state index < -0.39 is 10.0 Å². The number of hydrogen-bond donors (Lipinski definition) is 1. The third kappa shape index (κ3) is 1.86. The number of nitrogens with zero attached hydrogens (tertiary/aromatic N) is 1. The molecule has 1 aromatic rings. The largest absolute Gasteiger partial charge is 0.239 e. The molecule has 1 aromatic carbocycles. The van der Waals surface area contributed by atoms with E-state index in [0.717, 1.165) is 0 Å². The summed E-state index contributed by atoms with van der Waals surface area (Å²) in [6.45, 7) is 1.60. The van der Waals surface area contributed by atoms with Crippen LogP contribution in [0.4, 0.5) is 0 Å². The third-order valence-corrected chi connectivity index (χ3v) is 2.73. The normalized spacial score (nSPS) is 10.8. The van der Waals surface area contributed by atoms with E-state index in [1.54, 1.807) is 25.1 Å². The SMILES string of the molecule is Cc1cccc(C#N)c1S(N)(=O)=O. The zero-order valence-corrected chi connectivity index (χ0v) is 7.80. The Morgan fingerprint density at radius 2 is 2.08 bits per heavy atom. The number of hydrogen-bond acceptors (Lipinski definition) is 3. The van der Waals surface area contributed by atoms with Crippen LogP contribution in [0.25, 0.3) is 0 Å². The highest BCUT2D eigenvalue weighted by Crippen LogP contribution is 2.17. The Labute approximate surface area is 76.7 Å². The van der Waals surface area contributed by atoms with Gasteiger partial charge in [-0.05, 0) is 18.6 Å². The molecule has 4 nitrogen and oxygen atoms in total. The number of rotatable bonds is 1. The highest BCUT2D eigenvalue weighted by atomic mass is 32.2. The Balaban J connectivity index is 3.62. The second-order valence-electron chi connectivity index (χ2n) is 2.61. The Morgan fingerprint density at radius 3 is 2.46 bits per heavy atom. The van der Waals surface area contributed by atoms with Gasteiger partial charge in [-0.3, -0.25) is 0 Å². The van der Waals surface area contributed by atoms with Crippen LogP contribution in [0.2, 0.25) is 0 Å². The van der Waals surface area contributed by atoms with Crippen molar-refractivity contribution in [2.24, 2.45) is 5.14 Å². The van der Waals surface area contributed by atoms with Gasteiger partial charge >= 0.3 is 0 Å². The van der Waals surface area contributed by atoms with E-state index in [1.807, 2.05) is 0 Å². The lowest BCUT2D eigenvalue weighted by atomic mass is 10.1. The Kier molecular flexibility index (Phi) is 2.36. The molecule has 0 aliphatic heterocycles. The predicted molar refractivity (Wildman–Crippen MR) is 47.3 cm³/mol. The quantitative estimate of drug-likeness (QED) is 0.710. The maximum absolute atomic E-state index is 11.1. The molecule has 0 aliphatic carbocycles. The first-order valence-electron chi connectivity index (χ1n) is 3.49. The summed E-state index contributed by atoms with van der Waals surface area (Å²) in [5, 5.41) is 13.6. The fourth-order valence-corrected chi connectivity index (χ4v) is 2.06. The topological polar surface area (TPSA) is 83.9 Å². The zero-order chi connectivity index (χ0) is 10.1. The summed E-state index contributed by atoms with van der Waals surface area (Å²) in [4.78, 5) is -0.0856. The molecule has 0 spiro atoms. The maximum atomic E-state index is 11.1. The van der Waals surface area contributed by atoms with E-state index in [1.165, 1.54) is 6.07 Å². The Hall–Kier alpha value is -1.38. The molecule has 0 heterocycles. The van der Waals surface area contributed by atoms with Crippen LogP contribution in [-0.4, -0.2) is 8.42 Å². The lowest BCUT2D eigenvalue weighted by Crippen LogP contribution is -2.15. The number of sulfonamides is 1. The van der Waals surface area contributed by atoms with Gasteiger partial charge in [0, 0.05) is 0 Å². The van der Waals surface area contributed by atoms with Crippen LogP contribution in [0.5, 0.6) is 0 Å². The molecular weight excluding hydrogens is 188 g/mol. The lowest BCUT2D eigenvalue weighted by molar-refractivity contribution is 0.597. The summed E-state index contributed by atoms with van der Waals surface area (Å²) < 4.78 is 22.1. The van der Waals surface area contributed by atoms with Crippen LogP contribution < -0.4 is 5.14 Å². The fraction of sp³-hybridized carbons (Fsp3) is 0.125. The molecule has 0 radical (unpaired) electrons. The smallest absolute Gasteiger partial charge is 0.225 e. The minimum Gasteiger partial charge on any atom is -0.225 e. The van der Waals surface area contributed by atoms with E-state index in [-0.39, 0.29) is 10.5 Å². The number of benzene rings is 1. The summed E-state index contributed by atoms with van der Waals surface area (Å²) >= 11 is 0. The van der Waals surface area contributed by atoms with Crippen molar-refractivity contribution in [2.45, 2.75) is 11.8 Å². The molecule has 68 valence electrons. The van der Waals surface area contributed by atoms with Gasteiger partial charge in [0.25, 0.3) is 0 Å². The minimum absolute atomic E-state index is 0.0856. The zero-order valence-electron chi connectivity index (χ0n) is 6.98. The monoisotopic (exact) mass is 196 g/mol. The molecule has 13 heavy (non-hydrogen) atoms. The number of nitriles is 1.